The van der Waals surface area contributed by atoms with Crippen molar-refractivity contribution in [2.45, 2.75) is 19.4 Å². The van der Waals surface area contributed by atoms with Crippen LogP contribution in [0, 0.1) is 5.82 Å². The molecule has 1 fully saturated rings. The van der Waals surface area contributed by atoms with Crippen molar-refractivity contribution in [2.75, 3.05) is 30.4 Å². The maximum Gasteiger partial charge on any atom is 0.238 e. The number of carbonyl (C=O) groups excluding carboxylic acids is 2. The zero-order valence-electron chi connectivity index (χ0n) is 14.7. The Hall–Kier alpha value is -2.73. The van der Waals surface area contributed by atoms with Gasteiger partial charge >= 0.3 is 0 Å². The number of carbonyl (C=O) groups is 2. The third-order valence-electron chi connectivity index (χ3n) is 4.30. The van der Waals surface area contributed by atoms with Gasteiger partial charge in [0, 0.05) is 19.5 Å². The highest BCUT2D eigenvalue weighted by atomic mass is 19.1. The van der Waals surface area contributed by atoms with E-state index < -0.39 is 0 Å². The molecule has 0 saturated carbocycles. The van der Waals surface area contributed by atoms with Gasteiger partial charge in [0.05, 0.1) is 17.9 Å². The summed E-state index contributed by atoms with van der Waals surface area (Å²) in [6, 6.07) is 13.7. The van der Waals surface area contributed by atoms with E-state index in [1.165, 1.54) is 12.1 Å². The van der Waals surface area contributed by atoms with Crippen molar-refractivity contribution in [1.82, 2.24) is 4.90 Å². The first-order valence-electron chi connectivity index (χ1n) is 8.65. The molecule has 6 heteroatoms. The van der Waals surface area contributed by atoms with Gasteiger partial charge in [-0.3, -0.25) is 14.5 Å². The highest BCUT2D eigenvalue weighted by Crippen LogP contribution is 2.29. The van der Waals surface area contributed by atoms with E-state index >= 15 is 0 Å². The second-order valence-corrected chi connectivity index (χ2v) is 6.52. The predicted molar refractivity (Wildman–Crippen MR) is 99.4 cm³/mol. The van der Waals surface area contributed by atoms with Crippen molar-refractivity contribution in [2.24, 2.45) is 0 Å². The van der Waals surface area contributed by atoms with E-state index in [0.717, 1.165) is 17.7 Å². The lowest BCUT2D eigenvalue weighted by molar-refractivity contribution is -0.118. The summed E-state index contributed by atoms with van der Waals surface area (Å²) >= 11 is 0. The normalized spacial score (nSPS) is 14.1. The van der Waals surface area contributed by atoms with Gasteiger partial charge in [-0.25, -0.2) is 4.39 Å². The maximum atomic E-state index is 13.3. The first-order valence-corrected chi connectivity index (χ1v) is 8.65. The van der Waals surface area contributed by atoms with E-state index in [9.17, 15) is 14.0 Å². The summed E-state index contributed by atoms with van der Waals surface area (Å²) in [6.45, 7) is 1.31. The number of nitrogens with one attached hydrogen (secondary N) is 1. The monoisotopic (exact) mass is 355 g/mol. The van der Waals surface area contributed by atoms with Gasteiger partial charge in [-0.15, -0.1) is 0 Å². The molecule has 5 nitrogen and oxygen atoms in total. The standard InChI is InChI=1S/C20H22FN3O2/c1-23(13-15-6-4-7-16(21)12-15)14-19(25)22-17-8-2-3-9-18(17)24-11-5-10-20(24)26/h2-4,6-9,12H,5,10-11,13-14H2,1H3,(H,22,25). The summed E-state index contributed by atoms with van der Waals surface area (Å²) < 4.78 is 13.3. The van der Waals surface area contributed by atoms with Crippen LogP contribution in [-0.2, 0) is 16.1 Å². The summed E-state index contributed by atoms with van der Waals surface area (Å²) in [4.78, 5) is 27.9. The van der Waals surface area contributed by atoms with Gasteiger partial charge in [0.25, 0.3) is 0 Å². The van der Waals surface area contributed by atoms with Crippen molar-refractivity contribution in [3.8, 4) is 0 Å². The van der Waals surface area contributed by atoms with Gasteiger partial charge in [-0.05, 0) is 43.3 Å². The van der Waals surface area contributed by atoms with Crippen LogP contribution in [0.2, 0.25) is 0 Å². The maximum absolute atomic E-state index is 13.3. The molecule has 1 N–H and O–H groups in total. The van der Waals surface area contributed by atoms with E-state index in [-0.39, 0.29) is 24.2 Å². The second kappa shape index (κ2) is 8.10. The Labute approximate surface area is 152 Å². The van der Waals surface area contributed by atoms with Gasteiger partial charge in [0.15, 0.2) is 0 Å². The highest BCUT2D eigenvalue weighted by molar-refractivity contribution is 6.02. The van der Waals surface area contributed by atoms with Gasteiger partial charge < -0.3 is 10.2 Å². The number of halogens is 1. The Morgan fingerprint density at radius 2 is 2.04 bits per heavy atom. The van der Waals surface area contributed by atoms with Gasteiger partial charge in [-0.1, -0.05) is 24.3 Å². The van der Waals surface area contributed by atoms with E-state index in [1.54, 1.807) is 24.1 Å². The third kappa shape index (κ3) is 4.46. The molecule has 1 aliphatic rings. The molecular formula is C20H22FN3O2. The van der Waals surface area contributed by atoms with Crippen LogP contribution in [0.15, 0.2) is 48.5 Å². The Kier molecular flexibility index (Phi) is 5.63. The average molecular weight is 355 g/mol. The molecule has 1 heterocycles. The molecular weight excluding hydrogens is 333 g/mol. The Morgan fingerprint density at radius 1 is 1.23 bits per heavy atom. The minimum atomic E-state index is -0.287. The van der Waals surface area contributed by atoms with E-state index in [0.29, 0.717) is 25.2 Å². The molecule has 0 spiro atoms. The molecule has 1 aliphatic heterocycles. The zero-order valence-corrected chi connectivity index (χ0v) is 14.7. The number of nitrogens with zero attached hydrogens (tertiary/aromatic N) is 2. The fraction of sp³-hybridized carbons (Fsp3) is 0.300. The van der Waals surface area contributed by atoms with Crippen LogP contribution in [0.4, 0.5) is 15.8 Å². The van der Waals surface area contributed by atoms with Crippen molar-refractivity contribution in [1.29, 1.82) is 0 Å². The van der Waals surface area contributed by atoms with Crippen LogP contribution < -0.4 is 10.2 Å². The number of anilines is 2. The van der Waals surface area contributed by atoms with Crippen molar-refractivity contribution >= 4 is 23.2 Å². The molecule has 3 rings (SSSR count). The number of benzene rings is 2. The summed E-state index contributed by atoms with van der Waals surface area (Å²) in [6.07, 6.45) is 1.37. The molecule has 0 bridgehead atoms. The molecule has 136 valence electrons. The molecule has 26 heavy (non-hydrogen) atoms. The molecule has 0 aromatic heterocycles. The largest absolute Gasteiger partial charge is 0.323 e. The number of amides is 2. The van der Waals surface area contributed by atoms with Crippen LogP contribution in [0.1, 0.15) is 18.4 Å². The number of hydrogen-bond acceptors (Lipinski definition) is 3. The van der Waals surface area contributed by atoms with Gasteiger partial charge in [0.2, 0.25) is 11.8 Å². The second-order valence-electron chi connectivity index (χ2n) is 6.52. The minimum absolute atomic E-state index is 0.0786. The summed E-state index contributed by atoms with van der Waals surface area (Å²) in [5, 5.41) is 2.89. The molecule has 2 amide bonds. The van der Waals surface area contributed by atoms with Crippen molar-refractivity contribution in [3.05, 3.63) is 59.9 Å². The van der Waals surface area contributed by atoms with Crippen LogP contribution in [0.5, 0.6) is 0 Å². The molecule has 2 aromatic rings. The Bertz CT molecular complexity index is 809. The smallest absolute Gasteiger partial charge is 0.238 e. The number of likely N-dealkylation sites (N-methyl/N-ethyl adjacent to an activating group) is 1. The van der Waals surface area contributed by atoms with Gasteiger partial charge in [0.1, 0.15) is 5.82 Å². The van der Waals surface area contributed by atoms with Gasteiger partial charge in [-0.2, -0.15) is 0 Å². The van der Waals surface area contributed by atoms with Crippen molar-refractivity contribution < 1.29 is 14.0 Å². The SMILES string of the molecule is CN(CC(=O)Nc1ccccc1N1CCCC1=O)Cc1cccc(F)c1. The fourth-order valence-electron chi connectivity index (χ4n) is 3.16. The number of rotatable bonds is 6. The topological polar surface area (TPSA) is 52.7 Å². The molecule has 2 aromatic carbocycles. The summed E-state index contributed by atoms with van der Waals surface area (Å²) in [5.41, 5.74) is 2.17. The van der Waals surface area contributed by atoms with E-state index in [4.69, 9.17) is 0 Å². The quantitative estimate of drug-likeness (QED) is 0.867. The average Bonchev–Trinajstić information content (AvgIpc) is 3.01. The van der Waals surface area contributed by atoms with E-state index in [1.807, 2.05) is 29.2 Å². The molecule has 0 aliphatic carbocycles. The molecule has 1 saturated heterocycles. The van der Waals surface area contributed by atoms with Crippen LogP contribution >= 0.6 is 0 Å². The lowest BCUT2D eigenvalue weighted by Gasteiger charge is -2.21. The minimum Gasteiger partial charge on any atom is -0.323 e. The Morgan fingerprint density at radius 3 is 2.77 bits per heavy atom. The Balaban J connectivity index is 1.62. The third-order valence-corrected chi connectivity index (χ3v) is 4.30. The predicted octanol–water partition coefficient (Wildman–Crippen LogP) is 3.02. The summed E-state index contributed by atoms with van der Waals surface area (Å²) in [7, 11) is 1.81. The van der Waals surface area contributed by atoms with E-state index in [2.05, 4.69) is 5.32 Å². The zero-order chi connectivity index (χ0) is 18.5. The lowest BCUT2D eigenvalue weighted by atomic mass is 10.2. The molecule has 0 radical (unpaired) electrons. The first-order chi connectivity index (χ1) is 12.5. The first kappa shape index (κ1) is 18.1. The lowest BCUT2D eigenvalue weighted by Crippen LogP contribution is -2.31. The number of para-hydroxylation sites is 2. The summed E-state index contributed by atoms with van der Waals surface area (Å²) in [5.74, 6) is -0.387. The van der Waals surface area contributed by atoms with Crippen LogP contribution in [-0.4, -0.2) is 36.9 Å². The highest BCUT2D eigenvalue weighted by Gasteiger charge is 2.24. The van der Waals surface area contributed by atoms with Crippen molar-refractivity contribution in [3.63, 3.8) is 0 Å². The molecule has 0 unspecified atom stereocenters. The number of hydrogen-bond donors (Lipinski definition) is 1. The van der Waals surface area contributed by atoms with Crippen LogP contribution in [0.3, 0.4) is 0 Å². The molecule has 0 atom stereocenters. The fourth-order valence-corrected chi connectivity index (χ4v) is 3.16. The van der Waals surface area contributed by atoms with Crippen LogP contribution in [0.25, 0.3) is 0 Å².